The fraction of sp³-hybridized carbons (Fsp3) is 0.500. The van der Waals surface area contributed by atoms with Crippen LogP contribution < -0.4 is 14.8 Å². The summed E-state index contributed by atoms with van der Waals surface area (Å²) in [4.78, 5) is 22.9. The Balaban J connectivity index is 2.53. The number of carbonyl (C=O) groups is 2. The number of carboxylic acid groups (broad SMARTS) is 1. The molecule has 122 valence electrons. The number of aliphatic carboxylic acids is 1. The standard InChI is InChI=1S/C16H23NO5/c1-3-5-8-12(16(19)20)17-15(18)11-22-14-10-7-6-9-13(14)21-4-2/h6-7,9-10,12H,3-5,8,11H2,1-2H3,(H,17,18)(H,19,20). The van der Waals surface area contributed by atoms with E-state index in [1.807, 2.05) is 19.9 Å². The van der Waals surface area contributed by atoms with Crippen molar-refractivity contribution in [3.05, 3.63) is 24.3 Å². The Hall–Kier alpha value is -2.24. The maximum atomic E-state index is 11.8. The molecule has 0 spiro atoms. The predicted molar refractivity (Wildman–Crippen MR) is 82.2 cm³/mol. The van der Waals surface area contributed by atoms with Gasteiger partial charge in [0.25, 0.3) is 5.91 Å². The number of carboxylic acids is 1. The molecule has 6 heteroatoms. The van der Waals surface area contributed by atoms with E-state index in [-0.39, 0.29) is 6.61 Å². The topological polar surface area (TPSA) is 84.9 Å². The van der Waals surface area contributed by atoms with Gasteiger partial charge < -0.3 is 19.9 Å². The zero-order valence-corrected chi connectivity index (χ0v) is 13.0. The Bertz CT molecular complexity index is 489. The van der Waals surface area contributed by atoms with Crippen LogP contribution in [0.15, 0.2) is 24.3 Å². The van der Waals surface area contributed by atoms with Gasteiger partial charge in [0, 0.05) is 0 Å². The van der Waals surface area contributed by atoms with Gasteiger partial charge in [-0.05, 0) is 25.5 Å². The lowest BCUT2D eigenvalue weighted by atomic mass is 10.1. The molecule has 1 atom stereocenters. The molecular formula is C16H23NO5. The molecule has 0 radical (unpaired) electrons. The van der Waals surface area contributed by atoms with Gasteiger partial charge in [0.2, 0.25) is 0 Å². The molecule has 1 unspecified atom stereocenters. The van der Waals surface area contributed by atoms with Gasteiger partial charge in [-0.1, -0.05) is 31.9 Å². The summed E-state index contributed by atoms with van der Waals surface area (Å²) in [6.45, 7) is 4.06. The van der Waals surface area contributed by atoms with Crippen LogP contribution in [0, 0.1) is 0 Å². The van der Waals surface area contributed by atoms with Gasteiger partial charge in [-0.2, -0.15) is 0 Å². The number of ether oxygens (including phenoxy) is 2. The molecule has 6 nitrogen and oxygen atoms in total. The quantitative estimate of drug-likeness (QED) is 0.692. The van der Waals surface area contributed by atoms with Crippen molar-refractivity contribution in [2.75, 3.05) is 13.2 Å². The average Bonchev–Trinajstić information content (AvgIpc) is 2.50. The van der Waals surface area contributed by atoms with Gasteiger partial charge in [-0.3, -0.25) is 4.79 Å². The Labute approximate surface area is 130 Å². The highest BCUT2D eigenvalue weighted by Gasteiger charge is 2.19. The van der Waals surface area contributed by atoms with Crippen molar-refractivity contribution in [1.29, 1.82) is 0 Å². The smallest absolute Gasteiger partial charge is 0.326 e. The van der Waals surface area contributed by atoms with Gasteiger partial charge in [-0.25, -0.2) is 4.79 Å². The molecule has 1 aromatic carbocycles. The van der Waals surface area contributed by atoms with Gasteiger partial charge in [0.1, 0.15) is 6.04 Å². The van der Waals surface area contributed by atoms with E-state index in [0.717, 1.165) is 12.8 Å². The van der Waals surface area contributed by atoms with Crippen molar-refractivity contribution in [3.63, 3.8) is 0 Å². The Morgan fingerprint density at radius 3 is 2.36 bits per heavy atom. The molecule has 0 saturated heterocycles. The van der Waals surface area contributed by atoms with Gasteiger partial charge in [0.15, 0.2) is 18.1 Å². The monoisotopic (exact) mass is 309 g/mol. The number of unbranched alkanes of at least 4 members (excludes halogenated alkanes) is 1. The molecule has 2 N–H and O–H groups in total. The van der Waals surface area contributed by atoms with E-state index >= 15 is 0 Å². The fourth-order valence-electron chi connectivity index (χ4n) is 1.89. The molecule has 0 aliphatic carbocycles. The van der Waals surface area contributed by atoms with Crippen LogP contribution >= 0.6 is 0 Å². The van der Waals surface area contributed by atoms with Crippen molar-refractivity contribution in [2.45, 2.75) is 39.2 Å². The Morgan fingerprint density at radius 1 is 1.18 bits per heavy atom. The molecular weight excluding hydrogens is 286 g/mol. The highest BCUT2D eigenvalue weighted by molar-refractivity contribution is 5.84. The lowest BCUT2D eigenvalue weighted by Gasteiger charge is -2.15. The third-order valence-corrected chi connectivity index (χ3v) is 2.99. The lowest BCUT2D eigenvalue weighted by Crippen LogP contribution is -2.42. The van der Waals surface area contributed by atoms with E-state index < -0.39 is 17.9 Å². The van der Waals surface area contributed by atoms with Crippen LogP contribution in [0.25, 0.3) is 0 Å². The first-order valence-electron chi connectivity index (χ1n) is 7.45. The molecule has 22 heavy (non-hydrogen) atoms. The molecule has 0 heterocycles. The first kappa shape index (κ1) is 17.8. The summed E-state index contributed by atoms with van der Waals surface area (Å²) in [5, 5.41) is 11.5. The number of rotatable bonds is 10. The summed E-state index contributed by atoms with van der Waals surface area (Å²) in [5.74, 6) is -0.482. The zero-order chi connectivity index (χ0) is 16.4. The Kier molecular flexibility index (Phi) is 7.81. The SMILES string of the molecule is CCCCC(NC(=O)COc1ccccc1OCC)C(=O)O. The van der Waals surface area contributed by atoms with Crippen molar-refractivity contribution < 1.29 is 24.2 Å². The first-order chi connectivity index (χ1) is 10.6. The molecule has 1 aromatic rings. The molecule has 0 bridgehead atoms. The van der Waals surface area contributed by atoms with Crippen molar-refractivity contribution in [1.82, 2.24) is 5.32 Å². The molecule has 0 saturated carbocycles. The summed E-state index contributed by atoms with van der Waals surface area (Å²) in [7, 11) is 0. The third-order valence-electron chi connectivity index (χ3n) is 2.99. The highest BCUT2D eigenvalue weighted by atomic mass is 16.5. The summed E-state index contributed by atoms with van der Waals surface area (Å²) < 4.78 is 10.8. The second kappa shape index (κ2) is 9.65. The minimum absolute atomic E-state index is 0.250. The van der Waals surface area contributed by atoms with E-state index in [1.54, 1.807) is 18.2 Å². The normalized spacial score (nSPS) is 11.5. The molecule has 1 rings (SSSR count). The number of hydrogen-bond acceptors (Lipinski definition) is 4. The van der Waals surface area contributed by atoms with Crippen LogP contribution in [0.2, 0.25) is 0 Å². The summed E-state index contributed by atoms with van der Waals surface area (Å²) in [6.07, 6.45) is 2.02. The van der Waals surface area contributed by atoms with Crippen LogP contribution in [-0.4, -0.2) is 36.2 Å². The van der Waals surface area contributed by atoms with Crippen LogP contribution in [0.5, 0.6) is 11.5 Å². The first-order valence-corrected chi connectivity index (χ1v) is 7.45. The van der Waals surface area contributed by atoms with E-state index in [9.17, 15) is 9.59 Å². The molecule has 1 amide bonds. The lowest BCUT2D eigenvalue weighted by molar-refractivity contribution is -0.142. The van der Waals surface area contributed by atoms with Gasteiger partial charge >= 0.3 is 5.97 Å². The van der Waals surface area contributed by atoms with Crippen molar-refractivity contribution in [2.24, 2.45) is 0 Å². The largest absolute Gasteiger partial charge is 0.490 e. The zero-order valence-electron chi connectivity index (χ0n) is 13.0. The molecule has 0 aliphatic rings. The number of para-hydroxylation sites is 2. The average molecular weight is 309 g/mol. The predicted octanol–water partition coefficient (Wildman–Crippen LogP) is 2.22. The van der Waals surface area contributed by atoms with Crippen molar-refractivity contribution >= 4 is 11.9 Å². The molecule has 0 aliphatic heterocycles. The minimum Gasteiger partial charge on any atom is -0.490 e. The van der Waals surface area contributed by atoms with E-state index in [0.29, 0.717) is 24.5 Å². The summed E-state index contributed by atoms with van der Waals surface area (Å²) in [5.41, 5.74) is 0. The van der Waals surface area contributed by atoms with Crippen LogP contribution in [-0.2, 0) is 9.59 Å². The third kappa shape index (κ3) is 6.03. The highest BCUT2D eigenvalue weighted by Crippen LogP contribution is 2.26. The second-order valence-electron chi connectivity index (χ2n) is 4.77. The number of amides is 1. The maximum Gasteiger partial charge on any atom is 0.326 e. The van der Waals surface area contributed by atoms with E-state index in [1.165, 1.54) is 0 Å². The number of hydrogen-bond donors (Lipinski definition) is 2. The number of carbonyl (C=O) groups excluding carboxylic acids is 1. The van der Waals surface area contributed by atoms with Crippen LogP contribution in [0.1, 0.15) is 33.1 Å². The fourth-order valence-corrected chi connectivity index (χ4v) is 1.89. The molecule has 0 aromatic heterocycles. The van der Waals surface area contributed by atoms with E-state index in [4.69, 9.17) is 14.6 Å². The van der Waals surface area contributed by atoms with Gasteiger partial charge in [-0.15, -0.1) is 0 Å². The van der Waals surface area contributed by atoms with Crippen LogP contribution in [0.4, 0.5) is 0 Å². The molecule has 0 fully saturated rings. The van der Waals surface area contributed by atoms with E-state index in [2.05, 4.69) is 5.32 Å². The second-order valence-corrected chi connectivity index (χ2v) is 4.77. The Morgan fingerprint density at radius 2 is 1.82 bits per heavy atom. The minimum atomic E-state index is -1.03. The number of nitrogens with one attached hydrogen (secondary N) is 1. The van der Waals surface area contributed by atoms with Gasteiger partial charge in [0.05, 0.1) is 6.61 Å². The number of benzene rings is 1. The summed E-state index contributed by atoms with van der Waals surface area (Å²) in [6, 6.07) is 6.15. The van der Waals surface area contributed by atoms with Crippen LogP contribution in [0.3, 0.4) is 0 Å². The maximum absolute atomic E-state index is 11.8. The summed E-state index contributed by atoms with van der Waals surface area (Å²) >= 11 is 0. The van der Waals surface area contributed by atoms with Crippen molar-refractivity contribution in [3.8, 4) is 11.5 Å².